The van der Waals surface area contributed by atoms with Crippen LogP contribution in [0.15, 0.2) is 42.5 Å². The Morgan fingerprint density at radius 1 is 1.00 bits per heavy atom. The Labute approximate surface area is 193 Å². The Bertz CT molecular complexity index is 1330. The van der Waals surface area contributed by atoms with Crippen molar-refractivity contribution in [2.24, 2.45) is 0 Å². The summed E-state index contributed by atoms with van der Waals surface area (Å²) in [5.41, 5.74) is 1.45. The first-order valence-electron chi connectivity index (χ1n) is 9.76. The monoisotopic (exact) mass is 467 g/mol. The zero-order valence-electron chi connectivity index (χ0n) is 18.1. The van der Waals surface area contributed by atoms with Crippen molar-refractivity contribution in [3.05, 3.63) is 47.2 Å². The number of amides is 1. The van der Waals surface area contributed by atoms with Gasteiger partial charge in [0.25, 0.3) is 0 Å². The van der Waals surface area contributed by atoms with E-state index in [0.29, 0.717) is 39.2 Å². The fraction of sp³-hybridized carbons (Fsp3) is 0.190. The molecule has 0 aliphatic rings. The SMILES string of the molecule is COc1ccc(-c2n[nH]c(=S)n2CC(=O)Nc2n[nH]c(-c3ccc(OC)cc3OC)n2)cc1. The van der Waals surface area contributed by atoms with Crippen molar-refractivity contribution in [2.45, 2.75) is 6.54 Å². The number of nitrogens with one attached hydrogen (secondary N) is 3. The summed E-state index contributed by atoms with van der Waals surface area (Å²) < 4.78 is 17.7. The summed E-state index contributed by atoms with van der Waals surface area (Å²) in [5, 5.41) is 16.5. The molecule has 4 aromatic rings. The third-order valence-electron chi connectivity index (χ3n) is 4.81. The predicted octanol–water partition coefficient (Wildman–Crippen LogP) is 3.06. The van der Waals surface area contributed by atoms with E-state index in [2.05, 4.69) is 30.7 Å². The van der Waals surface area contributed by atoms with Crippen LogP contribution >= 0.6 is 12.2 Å². The molecule has 2 heterocycles. The Morgan fingerprint density at radius 2 is 1.73 bits per heavy atom. The molecule has 3 N–H and O–H groups in total. The fourth-order valence-electron chi connectivity index (χ4n) is 3.16. The zero-order valence-corrected chi connectivity index (χ0v) is 18.9. The minimum absolute atomic E-state index is 0.0770. The quantitative estimate of drug-likeness (QED) is 0.337. The third kappa shape index (κ3) is 4.70. The van der Waals surface area contributed by atoms with Crippen LogP contribution < -0.4 is 19.5 Å². The Kier molecular flexibility index (Phi) is 6.36. The van der Waals surface area contributed by atoms with Crippen molar-refractivity contribution in [1.29, 1.82) is 0 Å². The second kappa shape index (κ2) is 9.53. The van der Waals surface area contributed by atoms with E-state index in [1.54, 1.807) is 56.2 Å². The normalized spacial score (nSPS) is 10.6. The number of hydrogen-bond donors (Lipinski definition) is 3. The average Bonchev–Trinajstić information content (AvgIpc) is 3.45. The molecule has 0 unspecified atom stereocenters. The highest BCUT2D eigenvalue weighted by Crippen LogP contribution is 2.31. The number of anilines is 1. The van der Waals surface area contributed by atoms with E-state index >= 15 is 0 Å². The predicted molar refractivity (Wildman–Crippen MR) is 123 cm³/mol. The maximum absolute atomic E-state index is 12.7. The molecule has 0 atom stereocenters. The maximum Gasteiger partial charge on any atom is 0.249 e. The van der Waals surface area contributed by atoms with Crippen LogP contribution in [0.25, 0.3) is 22.8 Å². The fourth-order valence-corrected chi connectivity index (χ4v) is 3.36. The maximum atomic E-state index is 12.7. The van der Waals surface area contributed by atoms with Gasteiger partial charge in [-0.1, -0.05) is 0 Å². The number of H-pyrrole nitrogens is 2. The van der Waals surface area contributed by atoms with Gasteiger partial charge in [-0.05, 0) is 48.6 Å². The lowest BCUT2D eigenvalue weighted by Gasteiger charge is -2.08. The van der Waals surface area contributed by atoms with Crippen LogP contribution in [-0.2, 0) is 11.3 Å². The van der Waals surface area contributed by atoms with E-state index in [1.165, 1.54) is 0 Å². The van der Waals surface area contributed by atoms with E-state index in [1.807, 2.05) is 12.1 Å². The number of carbonyl (C=O) groups is 1. The number of aromatic nitrogens is 6. The number of methoxy groups -OCH3 is 3. The summed E-state index contributed by atoms with van der Waals surface area (Å²) in [6.07, 6.45) is 0. The van der Waals surface area contributed by atoms with Crippen LogP contribution in [0.2, 0.25) is 0 Å². The molecule has 0 saturated carbocycles. The van der Waals surface area contributed by atoms with E-state index in [0.717, 1.165) is 5.56 Å². The van der Waals surface area contributed by atoms with E-state index < -0.39 is 0 Å². The molecular weight excluding hydrogens is 446 g/mol. The van der Waals surface area contributed by atoms with Crippen LogP contribution in [0.1, 0.15) is 0 Å². The molecule has 12 heteroatoms. The lowest BCUT2D eigenvalue weighted by atomic mass is 10.2. The molecule has 0 bridgehead atoms. The van der Waals surface area contributed by atoms with Crippen molar-refractivity contribution in [1.82, 2.24) is 29.9 Å². The number of nitrogens with zero attached hydrogens (tertiary/aromatic N) is 4. The summed E-state index contributed by atoms with van der Waals surface area (Å²) in [5.74, 6) is 2.62. The highest BCUT2D eigenvalue weighted by molar-refractivity contribution is 7.71. The molecule has 11 nitrogen and oxygen atoms in total. The summed E-state index contributed by atoms with van der Waals surface area (Å²) in [4.78, 5) is 17.0. The Hall–Kier alpha value is -4.19. The van der Waals surface area contributed by atoms with Gasteiger partial charge in [0, 0.05) is 11.6 Å². The number of aromatic amines is 2. The van der Waals surface area contributed by atoms with Gasteiger partial charge in [-0.2, -0.15) is 10.1 Å². The topological polar surface area (TPSA) is 132 Å². The van der Waals surface area contributed by atoms with Gasteiger partial charge in [-0.25, -0.2) is 0 Å². The molecule has 1 amide bonds. The van der Waals surface area contributed by atoms with Crippen molar-refractivity contribution in [3.8, 4) is 40.0 Å². The second-order valence-corrected chi connectivity index (χ2v) is 7.18. The number of ether oxygens (including phenoxy) is 3. The van der Waals surface area contributed by atoms with E-state index in [-0.39, 0.29) is 18.4 Å². The molecule has 170 valence electrons. The summed E-state index contributed by atoms with van der Waals surface area (Å²) in [7, 11) is 4.71. The van der Waals surface area contributed by atoms with Gasteiger partial charge >= 0.3 is 0 Å². The van der Waals surface area contributed by atoms with Gasteiger partial charge in [0.05, 0.1) is 26.9 Å². The molecule has 0 spiro atoms. The smallest absolute Gasteiger partial charge is 0.249 e. The minimum atomic E-state index is -0.366. The number of rotatable bonds is 8. The largest absolute Gasteiger partial charge is 0.497 e. The zero-order chi connectivity index (χ0) is 23.4. The third-order valence-corrected chi connectivity index (χ3v) is 5.12. The number of benzene rings is 2. The molecule has 0 aliphatic heterocycles. The van der Waals surface area contributed by atoms with Crippen LogP contribution in [-0.4, -0.2) is 57.2 Å². The summed E-state index contributed by atoms with van der Waals surface area (Å²) in [6, 6.07) is 12.6. The molecular formula is C21H21N7O4S. The Morgan fingerprint density at radius 3 is 2.42 bits per heavy atom. The molecule has 4 rings (SSSR count). The molecule has 33 heavy (non-hydrogen) atoms. The van der Waals surface area contributed by atoms with Crippen molar-refractivity contribution in [3.63, 3.8) is 0 Å². The van der Waals surface area contributed by atoms with Gasteiger partial charge in [-0.3, -0.25) is 24.9 Å². The second-order valence-electron chi connectivity index (χ2n) is 6.79. The van der Waals surface area contributed by atoms with Gasteiger partial charge in [0.15, 0.2) is 16.4 Å². The van der Waals surface area contributed by atoms with Crippen LogP contribution in [0.3, 0.4) is 0 Å². The molecule has 0 saturated heterocycles. The number of carbonyl (C=O) groups excluding carboxylic acids is 1. The molecule has 2 aromatic heterocycles. The van der Waals surface area contributed by atoms with Crippen molar-refractivity contribution in [2.75, 3.05) is 26.6 Å². The first-order chi connectivity index (χ1) is 16.0. The average molecular weight is 468 g/mol. The lowest BCUT2D eigenvalue weighted by Crippen LogP contribution is -2.20. The van der Waals surface area contributed by atoms with Crippen molar-refractivity contribution >= 4 is 24.1 Å². The highest BCUT2D eigenvalue weighted by Gasteiger charge is 2.16. The summed E-state index contributed by atoms with van der Waals surface area (Å²) in [6.45, 7) is -0.0770. The summed E-state index contributed by atoms with van der Waals surface area (Å²) >= 11 is 5.30. The molecule has 2 aromatic carbocycles. The number of hydrogen-bond acceptors (Lipinski definition) is 8. The minimum Gasteiger partial charge on any atom is -0.497 e. The van der Waals surface area contributed by atoms with Gasteiger partial charge in [0.2, 0.25) is 11.9 Å². The van der Waals surface area contributed by atoms with Crippen LogP contribution in [0.5, 0.6) is 17.2 Å². The first-order valence-corrected chi connectivity index (χ1v) is 10.2. The van der Waals surface area contributed by atoms with E-state index in [4.69, 9.17) is 26.4 Å². The van der Waals surface area contributed by atoms with Gasteiger partial charge in [0.1, 0.15) is 23.8 Å². The van der Waals surface area contributed by atoms with Crippen molar-refractivity contribution < 1.29 is 19.0 Å². The Balaban J connectivity index is 1.50. The van der Waals surface area contributed by atoms with Gasteiger partial charge in [-0.15, -0.1) is 5.10 Å². The van der Waals surface area contributed by atoms with Gasteiger partial charge < -0.3 is 14.2 Å². The van der Waals surface area contributed by atoms with Crippen LogP contribution in [0.4, 0.5) is 5.95 Å². The molecule has 0 fully saturated rings. The molecule has 0 radical (unpaired) electrons. The standard InChI is InChI=1S/C21H21N7O4S/c1-30-13-6-4-12(5-7-13)19-25-27-21(33)28(19)11-17(29)22-20-23-18(24-26-20)15-9-8-14(31-2)10-16(15)32-3/h4-10H,11H2,1-3H3,(H,27,33)(H2,22,23,24,26,29). The molecule has 0 aliphatic carbocycles. The van der Waals surface area contributed by atoms with E-state index in [9.17, 15) is 4.79 Å². The highest BCUT2D eigenvalue weighted by atomic mass is 32.1. The first kappa shape index (κ1) is 22.0. The van der Waals surface area contributed by atoms with Crippen LogP contribution in [0, 0.1) is 4.77 Å². The lowest BCUT2D eigenvalue weighted by molar-refractivity contribution is -0.116.